The molecule has 0 spiro atoms. The summed E-state index contributed by atoms with van der Waals surface area (Å²) in [4.78, 5) is 10.1. The lowest BCUT2D eigenvalue weighted by molar-refractivity contribution is -0.386. The summed E-state index contributed by atoms with van der Waals surface area (Å²) in [6.45, 7) is 2.33. The Labute approximate surface area is 116 Å². The fraction of sp³-hybridized carbons (Fsp3) is 0.500. The number of nitro benzene ring substituents is 1. The van der Waals surface area contributed by atoms with E-state index in [2.05, 4.69) is 5.32 Å². The molecule has 19 heavy (non-hydrogen) atoms. The topological polar surface area (TPSA) is 64.4 Å². The molecule has 0 aliphatic carbocycles. The largest absolute Gasteiger partial charge is 0.487 e. The molecule has 0 saturated carbocycles. The fourth-order valence-electron chi connectivity index (χ4n) is 2.01. The van der Waals surface area contributed by atoms with Gasteiger partial charge in [-0.2, -0.15) is 0 Å². The van der Waals surface area contributed by atoms with E-state index in [0.29, 0.717) is 12.5 Å². The van der Waals surface area contributed by atoms with Crippen LogP contribution in [0.3, 0.4) is 0 Å². The predicted molar refractivity (Wildman–Crippen MR) is 71.4 cm³/mol. The van der Waals surface area contributed by atoms with Crippen molar-refractivity contribution < 1.29 is 14.1 Å². The van der Waals surface area contributed by atoms with Crippen molar-refractivity contribution in [3.63, 3.8) is 0 Å². The predicted octanol–water partition coefficient (Wildman–Crippen LogP) is 2.53. The molecule has 1 aromatic rings. The Hall–Kier alpha value is -1.40. The smallest absolute Gasteiger partial charge is 0.313 e. The van der Waals surface area contributed by atoms with E-state index in [1.165, 1.54) is 12.1 Å². The molecule has 7 heteroatoms. The van der Waals surface area contributed by atoms with Crippen LogP contribution in [0.5, 0.6) is 5.75 Å². The SMILES string of the molecule is Cl.O=[N+]([O-])c1cc(F)ccc1OCC1CCNCC1. The second-order valence-electron chi connectivity index (χ2n) is 4.37. The zero-order valence-electron chi connectivity index (χ0n) is 10.3. The van der Waals surface area contributed by atoms with Gasteiger partial charge in [0.15, 0.2) is 5.75 Å². The van der Waals surface area contributed by atoms with Crippen molar-refractivity contribution in [3.05, 3.63) is 34.1 Å². The van der Waals surface area contributed by atoms with Crippen molar-refractivity contribution in [3.8, 4) is 5.75 Å². The molecule has 5 nitrogen and oxygen atoms in total. The lowest BCUT2D eigenvalue weighted by Gasteiger charge is -2.22. The molecule has 1 saturated heterocycles. The van der Waals surface area contributed by atoms with Crippen molar-refractivity contribution in [2.45, 2.75) is 12.8 Å². The second-order valence-corrected chi connectivity index (χ2v) is 4.37. The Balaban J connectivity index is 0.00000180. The molecular weight excluding hydrogens is 275 g/mol. The lowest BCUT2D eigenvalue weighted by atomic mass is 9.99. The van der Waals surface area contributed by atoms with Gasteiger partial charge in [0.05, 0.1) is 17.6 Å². The molecule has 1 N–H and O–H groups in total. The van der Waals surface area contributed by atoms with Gasteiger partial charge >= 0.3 is 5.69 Å². The van der Waals surface area contributed by atoms with E-state index in [-0.39, 0.29) is 23.8 Å². The van der Waals surface area contributed by atoms with Crippen LogP contribution in [0.2, 0.25) is 0 Å². The van der Waals surface area contributed by atoms with E-state index in [9.17, 15) is 14.5 Å². The number of benzene rings is 1. The third-order valence-corrected chi connectivity index (χ3v) is 3.05. The molecule has 0 atom stereocenters. The molecule has 1 aliphatic heterocycles. The van der Waals surface area contributed by atoms with Gasteiger partial charge in [-0.05, 0) is 44.0 Å². The number of nitro groups is 1. The molecule has 0 radical (unpaired) electrons. The van der Waals surface area contributed by atoms with Crippen LogP contribution in [0.25, 0.3) is 0 Å². The zero-order chi connectivity index (χ0) is 13.0. The van der Waals surface area contributed by atoms with Gasteiger partial charge in [0.2, 0.25) is 0 Å². The summed E-state index contributed by atoms with van der Waals surface area (Å²) in [6.07, 6.45) is 1.99. The Morgan fingerprint density at radius 2 is 2.11 bits per heavy atom. The van der Waals surface area contributed by atoms with Crippen molar-refractivity contribution in [2.75, 3.05) is 19.7 Å². The number of rotatable bonds is 4. The van der Waals surface area contributed by atoms with Gasteiger partial charge in [-0.1, -0.05) is 0 Å². The molecule has 1 aromatic carbocycles. The average molecular weight is 291 g/mol. The number of nitrogens with zero attached hydrogens (tertiary/aromatic N) is 1. The van der Waals surface area contributed by atoms with E-state index < -0.39 is 10.7 Å². The van der Waals surface area contributed by atoms with Crippen LogP contribution in [0.4, 0.5) is 10.1 Å². The van der Waals surface area contributed by atoms with Gasteiger partial charge in [-0.15, -0.1) is 12.4 Å². The van der Waals surface area contributed by atoms with Crippen molar-refractivity contribution in [1.82, 2.24) is 5.32 Å². The second kappa shape index (κ2) is 7.25. The van der Waals surface area contributed by atoms with E-state index in [0.717, 1.165) is 32.0 Å². The van der Waals surface area contributed by atoms with Crippen molar-refractivity contribution in [2.24, 2.45) is 5.92 Å². The highest BCUT2D eigenvalue weighted by Gasteiger charge is 2.19. The molecule has 1 fully saturated rings. The highest BCUT2D eigenvalue weighted by molar-refractivity contribution is 5.85. The fourth-order valence-corrected chi connectivity index (χ4v) is 2.01. The number of hydrogen-bond donors (Lipinski definition) is 1. The standard InChI is InChI=1S/C12H15FN2O3.ClH/c13-10-1-2-12(11(7-10)15(16)17)18-8-9-3-5-14-6-4-9;/h1-2,7,9,14H,3-6,8H2;1H. The zero-order valence-corrected chi connectivity index (χ0v) is 11.1. The van der Waals surface area contributed by atoms with Gasteiger partial charge in [-0.3, -0.25) is 10.1 Å². The molecule has 1 aliphatic rings. The van der Waals surface area contributed by atoms with E-state index in [1.807, 2.05) is 0 Å². The third kappa shape index (κ3) is 4.33. The van der Waals surface area contributed by atoms with Gasteiger partial charge in [0.25, 0.3) is 0 Å². The molecule has 0 unspecified atom stereocenters. The molecule has 106 valence electrons. The summed E-state index contributed by atoms with van der Waals surface area (Å²) in [5.41, 5.74) is -0.316. The van der Waals surface area contributed by atoms with Crippen LogP contribution < -0.4 is 10.1 Å². The quantitative estimate of drug-likeness (QED) is 0.684. The Bertz CT molecular complexity index is 439. The molecule has 2 rings (SSSR count). The third-order valence-electron chi connectivity index (χ3n) is 3.05. The van der Waals surface area contributed by atoms with Gasteiger partial charge in [0.1, 0.15) is 5.82 Å². The van der Waals surface area contributed by atoms with Crippen LogP contribution >= 0.6 is 12.4 Å². The highest BCUT2D eigenvalue weighted by Crippen LogP contribution is 2.28. The van der Waals surface area contributed by atoms with E-state index in [1.54, 1.807) is 0 Å². The number of halogens is 2. The summed E-state index contributed by atoms with van der Waals surface area (Å²) in [7, 11) is 0. The first-order valence-corrected chi connectivity index (χ1v) is 5.94. The molecule has 0 aromatic heterocycles. The minimum Gasteiger partial charge on any atom is -0.487 e. The first-order chi connectivity index (χ1) is 8.66. The summed E-state index contributed by atoms with van der Waals surface area (Å²) in [6, 6.07) is 3.37. The van der Waals surface area contributed by atoms with Crippen LogP contribution in [-0.4, -0.2) is 24.6 Å². The van der Waals surface area contributed by atoms with E-state index in [4.69, 9.17) is 4.74 Å². The first-order valence-electron chi connectivity index (χ1n) is 5.94. The van der Waals surface area contributed by atoms with Gasteiger partial charge in [-0.25, -0.2) is 4.39 Å². The first kappa shape index (κ1) is 15.7. The molecule has 0 bridgehead atoms. The highest BCUT2D eigenvalue weighted by atomic mass is 35.5. The van der Waals surface area contributed by atoms with Crippen LogP contribution in [0.1, 0.15) is 12.8 Å². The maximum Gasteiger partial charge on any atom is 0.313 e. The van der Waals surface area contributed by atoms with Crippen molar-refractivity contribution >= 4 is 18.1 Å². The summed E-state index contributed by atoms with van der Waals surface area (Å²) >= 11 is 0. The van der Waals surface area contributed by atoms with Crippen LogP contribution in [0.15, 0.2) is 18.2 Å². The minimum absolute atomic E-state index is 0. The van der Waals surface area contributed by atoms with Gasteiger partial charge < -0.3 is 10.1 Å². The molecule has 0 amide bonds. The Kier molecular flexibility index (Phi) is 5.98. The van der Waals surface area contributed by atoms with Crippen LogP contribution in [0, 0.1) is 21.8 Å². The maximum atomic E-state index is 12.9. The monoisotopic (exact) mass is 290 g/mol. The van der Waals surface area contributed by atoms with Gasteiger partial charge in [0, 0.05) is 0 Å². The number of nitrogens with one attached hydrogen (secondary N) is 1. The normalized spacial score (nSPS) is 15.6. The number of hydrogen-bond acceptors (Lipinski definition) is 4. The maximum absolute atomic E-state index is 12.9. The summed E-state index contributed by atoms with van der Waals surface area (Å²) in [5.74, 6) is -0.0910. The van der Waals surface area contributed by atoms with E-state index >= 15 is 0 Å². The molecular formula is C12H16ClFN2O3. The number of ether oxygens (including phenoxy) is 1. The lowest BCUT2D eigenvalue weighted by Crippen LogP contribution is -2.30. The number of piperidine rings is 1. The molecule has 1 heterocycles. The summed E-state index contributed by atoms with van der Waals surface area (Å²) in [5, 5.41) is 14.0. The minimum atomic E-state index is -0.629. The Morgan fingerprint density at radius 1 is 1.42 bits per heavy atom. The summed E-state index contributed by atoms with van der Waals surface area (Å²) < 4.78 is 18.4. The Morgan fingerprint density at radius 3 is 2.74 bits per heavy atom. The van der Waals surface area contributed by atoms with Crippen LogP contribution in [-0.2, 0) is 0 Å². The average Bonchev–Trinajstić information content (AvgIpc) is 2.38. The van der Waals surface area contributed by atoms with Crippen molar-refractivity contribution in [1.29, 1.82) is 0 Å².